The van der Waals surface area contributed by atoms with E-state index in [4.69, 9.17) is 19.1 Å². The third kappa shape index (κ3) is 4.95. The van der Waals surface area contributed by atoms with Crippen molar-refractivity contribution < 1.29 is 23.9 Å². The van der Waals surface area contributed by atoms with E-state index >= 15 is 0 Å². The Balaban J connectivity index is 1.26. The van der Waals surface area contributed by atoms with Gasteiger partial charge in [0.2, 0.25) is 5.82 Å². The van der Waals surface area contributed by atoms with Gasteiger partial charge < -0.3 is 19.1 Å². The molecule has 1 fully saturated rings. The Morgan fingerprint density at radius 1 is 1.15 bits per heavy atom. The molecular formula is C25H23N3O5S. The first-order chi connectivity index (χ1) is 16.6. The van der Waals surface area contributed by atoms with Crippen molar-refractivity contribution in [2.45, 2.75) is 26.0 Å². The number of nitrogens with zero attached hydrogens (tertiary/aromatic N) is 3. The number of aromatic nitrogens is 2. The number of para-hydroxylation sites is 1. The average molecular weight is 478 g/mol. The summed E-state index contributed by atoms with van der Waals surface area (Å²) >= 11 is 1.64. The van der Waals surface area contributed by atoms with E-state index in [9.17, 15) is 4.79 Å². The molecule has 3 heterocycles. The van der Waals surface area contributed by atoms with Crippen molar-refractivity contribution in [1.29, 1.82) is 0 Å². The van der Waals surface area contributed by atoms with Crippen molar-refractivity contribution in [3.05, 3.63) is 71.1 Å². The van der Waals surface area contributed by atoms with E-state index in [-0.39, 0.29) is 6.10 Å². The van der Waals surface area contributed by atoms with Gasteiger partial charge in [0.05, 0.1) is 4.88 Å². The third-order valence-electron chi connectivity index (χ3n) is 5.52. The van der Waals surface area contributed by atoms with Gasteiger partial charge in [0.1, 0.15) is 17.6 Å². The Morgan fingerprint density at radius 2 is 1.88 bits per heavy atom. The molecule has 2 aromatic carbocycles. The topological polar surface area (TPSA) is 97.9 Å². The second kappa shape index (κ2) is 9.66. The number of carbonyl (C=O) groups is 1. The molecule has 0 aliphatic carbocycles. The van der Waals surface area contributed by atoms with E-state index in [1.807, 2.05) is 54.6 Å². The van der Waals surface area contributed by atoms with Crippen LogP contribution in [0, 0.1) is 0 Å². The number of carboxylic acid groups (broad SMARTS) is 1. The van der Waals surface area contributed by atoms with E-state index in [1.165, 1.54) is 4.88 Å². The van der Waals surface area contributed by atoms with Crippen molar-refractivity contribution in [2.24, 2.45) is 0 Å². The molecular weight excluding hydrogens is 454 g/mol. The highest BCUT2D eigenvalue weighted by Crippen LogP contribution is 2.34. The number of ether oxygens (including phenoxy) is 2. The highest BCUT2D eigenvalue weighted by Gasteiger charge is 2.30. The number of thiophene rings is 1. The van der Waals surface area contributed by atoms with E-state index in [1.54, 1.807) is 11.3 Å². The summed E-state index contributed by atoms with van der Waals surface area (Å²) in [5.74, 6) is 2.53. The predicted octanol–water partition coefficient (Wildman–Crippen LogP) is 5.70. The Labute approximate surface area is 200 Å². The lowest BCUT2D eigenvalue weighted by Gasteiger charge is -2.37. The van der Waals surface area contributed by atoms with Crippen LogP contribution in [0.1, 0.15) is 17.4 Å². The molecule has 1 aliphatic heterocycles. The second-order valence-corrected chi connectivity index (χ2v) is 9.12. The van der Waals surface area contributed by atoms with Gasteiger partial charge in [-0.2, -0.15) is 4.98 Å². The van der Waals surface area contributed by atoms with Gasteiger partial charge in [-0.05, 0) is 54.4 Å². The Kier molecular flexibility index (Phi) is 6.29. The number of benzene rings is 2. The van der Waals surface area contributed by atoms with Crippen LogP contribution in [-0.4, -0.2) is 45.5 Å². The first-order valence-electron chi connectivity index (χ1n) is 11.0. The molecule has 0 spiro atoms. The van der Waals surface area contributed by atoms with E-state index in [0.717, 1.165) is 40.5 Å². The minimum Gasteiger partial charge on any atom is -0.457 e. The normalized spacial score (nSPS) is 14.0. The fraction of sp³-hybridized carbons (Fsp3) is 0.240. The number of hydrogen-bond donors (Lipinski definition) is 1. The van der Waals surface area contributed by atoms with Crippen LogP contribution in [0.2, 0.25) is 0 Å². The fourth-order valence-corrected chi connectivity index (χ4v) is 5.05. The average Bonchev–Trinajstić information content (AvgIpc) is 3.46. The summed E-state index contributed by atoms with van der Waals surface area (Å²) in [6.45, 7) is 4.06. The summed E-state index contributed by atoms with van der Waals surface area (Å²) in [4.78, 5) is 19.6. The van der Waals surface area contributed by atoms with E-state index in [2.05, 4.69) is 28.0 Å². The van der Waals surface area contributed by atoms with Gasteiger partial charge in [-0.25, -0.2) is 4.79 Å². The molecule has 1 N–H and O–H groups in total. The molecule has 2 aromatic heterocycles. The smallest absolute Gasteiger partial charge is 0.457 e. The van der Waals surface area contributed by atoms with Gasteiger partial charge in [0, 0.05) is 30.1 Å². The highest BCUT2D eigenvalue weighted by molar-refractivity contribution is 7.15. The maximum atomic E-state index is 10.6. The Bertz CT molecular complexity index is 1260. The molecule has 9 heteroatoms. The molecule has 0 radical (unpaired) electrons. The standard InChI is InChI=1S/C25H23N3O5S/c1-2-16-12-21(15-28-13-20(14-28)32-25(29)30)34-22(16)23-26-24(33-27-23)17-8-10-19(11-9-17)31-18-6-4-3-5-7-18/h3-12,20H,2,13-15H2,1H3,(H,29,30). The Hall–Kier alpha value is -3.69. The molecule has 1 saturated heterocycles. The molecule has 0 atom stereocenters. The van der Waals surface area contributed by atoms with Crippen LogP contribution in [0.5, 0.6) is 11.5 Å². The largest absolute Gasteiger partial charge is 0.506 e. The molecule has 4 aromatic rings. The molecule has 0 amide bonds. The van der Waals surface area contributed by atoms with Crippen LogP contribution in [0.15, 0.2) is 65.2 Å². The predicted molar refractivity (Wildman–Crippen MR) is 127 cm³/mol. The van der Waals surface area contributed by atoms with Crippen LogP contribution in [0.3, 0.4) is 0 Å². The quantitative estimate of drug-likeness (QED) is 0.323. The van der Waals surface area contributed by atoms with Crippen LogP contribution >= 0.6 is 11.3 Å². The van der Waals surface area contributed by atoms with Crippen molar-refractivity contribution in [2.75, 3.05) is 13.1 Å². The molecule has 0 unspecified atom stereocenters. The van der Waals surface area contributed by atoms with Gasteiger partial charge in [-0.15, -0.1) is 11.3 Å². The lowest BCUT2D eigenvalue weighted by atomic mass is 10.1. The third-order valence-corrected chi connectivity index (χ3v) is 6.68. The number of likely N-dealkylation sites (tertiary alicyclic amines) is 1. The number of hydrogen-bond acceptors (Lipinski definition) is 8. The molecule has 0 bridgehead atoms. The van der Waals surface area contributed by atoms with Crippen LogP contribution in [0.25, 0.3) is 22.2 Å². The maximum Gasteiger partial charge on any atom is 0.506 e. The molecule has 0 saturated carbocycles. The zero-order valence-corrected chi connectivity index (χ0v) is 19.3. The molecule has 5 rings (SSSR count). The van der Waals surface area contributed by atoms with Gasteiger partial charge >= 0.3 is 6.16 Å². The zero-order valence-electron chi connectivity index (χ0n) is 18.5. The molecule has 8 nitrogen and oxygen atoms in total. The second-order valence-electron chi connectivity index (χ2n) is 7.98. The first kappa shape index (κ1) is 22.1. The fourth-order valence-electron chi connectivity index (χ4n) is 3.83. The molecule has 34 heavy (non-hydrogen) atoms. The van der Waals surface area contributed by atoms with E-state index < -0.39 is 6.16 Å². The maximum absolute atomic E-state index is 10.6. The number of rotatable bonds is 8. The van der Waals surface area contributed by atoms with Gasteiger partial charge in [-0.3, -0.25) is 4.90 Å². The number of aryl methyl sites for hydroxylation is 1. The molecule has 174 valence electrons. The summed E-state index contributed by atoms with van der Waals surface area (Å²) in [5, 5.41) is 12.9. The van der Waals surface area contributed by atoms with Crippen LogP contribution in [0.4, 0.5) is 4.79 Å². The lowest BCUT2D eigenvalue weighted by molar-refractivity contribution is -0.0359. The van der Waals surface area contributed by atoms with Crippen molar-refractivity contribution in [3.8, 4) is 33.7 Å². The van der Waals surface area contributed by atoms with Gasteiger partial charge in [0.25, 0.3) is 5.89 Å². The minimum absolute atomic E-state index is 0.244. The lowest BCUT2D eigenvalue weighted by Crippen LogP contribution is -2.51. The van der Waals surface area contributed by atoms with Crippen molar-refractivity contribution >= 4 is 17.5 Å². The molecule has 1 aliphatic rings. The SMILES string of the molecule is CCc1cc(CN2CC(OC(=O)O)C2)sc1-c1noc(-c2ccc(Oc3ccccc3)cc2)n1. The summed E-state index contributed by atoms with van der Waals surface area (Å²) in [6, 6.07) is 19.3. The van der Waals surface area contributed by atoms with Gasteiger partial charge in [0.15, 0.2) is 0 Å². The van der Waals surface area contributed by atoms with Crippen LogP contribution in [-0.2, 0) is 17.7 Å². The summed E-state index contributed by atoms with van der Waals surface area (Å²) in [7, 11) is 0. The van der Waals surface area contributed by atoms with Crippen molar-refractivity contribution in [1.82, 2.24) is 15.0 Å². The van der Waals surface area contributed by atoms with Crippen molar-refractivity contribution in [3.63, 3.8) is 0 Å². The summed E-state index contributed by atoms with van der Waals surface area (Å²) < 4.78 is 16.2. The van der Waals surface area contributed by atoms with Gasteiger partial charge in [-0.1, -0.05) is 30.3 Å². The summed E-state index contributed by atoms with van der Waals surface area (Å²) in [5.41, 5.74) is 1.98. The van der Waals surface area contributed by atoms with Crippen LogP contribution < -0.4 is 4.74 Å². The van der Waals surface area contributed by atoms with E-state index in [0.29, 0.717) is 24.8 Å². The zero-order chi connectivity index (χ0) is 23.5. The minimum atomic E-state index is -1.22. The highest BCUT2D eigenvalue weighted by atomic mass is 32.1. The first-order valence-corrected chi connectivity index (χ1v) is 11.8. The Morgan fingerprint density at radius 3 is 2.59 bits per heavy atom. The summed E-state index contributed by atoms with van der Waals surface area (Å²) in [6.07, 6.45) is -0.610. The monoisotopic (exact) mass is 477 g/mol.